The zero-order chi connectivity index (χ0) is 16.2. The molecular weight excluding hydrogens is 310 g/mol. The Kier molecular flexibility index (Phi) is 4.96. The van der Waals surface area contributed by atoms with Gasteiger partial charge in [0.2, 0.25) is 0 Å². The number of aliphatic hydroxyl groups excluding tert-OH is 1. The first-order valence-corrected chi connectivity index (χ1v) is 8.13. The SMILES string of the molecule is CCc1ccc([C@H](CO)NCc2cn3cc(Cl)ccc3n2)cc1. The van der Waals surface area contributed by atoms with Gasteiger partial charge in [0.05, 0.1) is 23.4 Å². The fourth-order valence-electron chi connectivity index (χ4n) is 2.60. The molecule has 0 aliphatic carbocycles. The first-order chi connectivity index (χ1) is 11.2. The molecule has 1 aromatic carbocycles. The Morgan fingerprint density at radius 3 is 2.65 bits per heavy atom. The molecule has 2 N–H and O–H groups in total. The van der Waals surface area contributed by atoms with Gasteiger partial charge in [-0.15, -0.1) is 0 Å². The molecule has 0 unspecified atom stereocenters. The lowest BCUT2D eigenvalue weighted by molar-refractivity contribution is 0.243. The van der Waals surface area contributed by atoms with Crippen LogP contribution >= 0.6 is 11.6 Å². The minimum Gasteiger partial charge on any atom is -0.394 e. The highest BCUT2D eigenvalue weighted by Crippen LogP contribution is 2.16. The van der Waals surface area contributed by atoms with Crippen molar-refractivity contribution in [2.24, 2.45) is 0 Å². The van der Waals surface area contributed by atoms with Gasteiger partial charge in [-0.05, 0) is 29.7 Å². The third-order valence-electron chi connectivity index (χ3n) is 3.97. The smallest absolute Gasteiger partial charge is 0.137 e. The minimum absolute atomic E-state index is 0.0463. The van der Waals surface area contributed by atoms with Crippen molar-refractivity contribution in [2.45, 2.75) is 25.9 Å². The van der Waals surface area contributed by atoms with Crippen LogP contribution in [0.5, 0.6) is 0 Å². The first kappa shape index (κ1) is 16.0. The van der Waals surface area contributed by atoms with E-state index in [1.807, 2.05) is 28.9 Å². The van der Waals surface area contributed by atoms with Gasteiger partial charge in [-0.3, -0.25) is 0 Å². The second kappa shape index (κ2) is 7.13. The van der Waals surface area contributed by atoms with Crippen LogP contribution in [-0.2, 0) is 13.0 Å². The molecule has 0 saturated carbocycles. The van der Waals surface area contributed by atoms with Crippen LogP contribution in [0.2, 0.25) is 5.02 Å². The number of aliphatic hydroxyl groups is 1. The molecule has 1 atom stereocenters. The molecule has 0 aliphatic heterocycles. The zero-order valence-electron chi connectivity index (χ0n) is 13.0. The Hall–Kier alpha value is -1.88. The molecule has 4 nitrogen and oxygen atoms in total. The van der Waals surface area contributed by atoms with Crippen LogP contribution in [0.15, 0.2) is 48.8 Å². The van der Waals surface area contributed by atoms with Gasteiger partial charge in [-0.25, -0.2) is 4.98 Å². The van der Waals surface area contributed by atoms with Crippen LogP contribution in [0, 0.1) is 0 Å². The third-order valence-corrected chi connectivity index (χ3v) is 4.19. The van der Waals surface area contributed by atoms with Crippen molar-refractivity contribution in [3.8, 4) is 0 Å². The molecule has 2 aromatic heterocycles. The van der Waals surface area contributed by atoms with Crippen molar-refractivity contribution in [1.29, 1.82) is 0 Å². The van der Waals surface area contributed by atoms with Gasteiger partial charge in [0.1, 0.15) is 5.65 Å². The number of halogens is 1. The highest BCUT2D eigenvalue weighted by atomic mass is 35.5. The largest absolute Gasteiger partial charge is 0.394 e. The number of pyridine rings is 1. The Morgan fingerprint density at radius 1 is 1.17 bits per heavy atom. The van der Waals surface area contributed by atoms with E-state index in [0.29, 0.717) is 11.6 Å². The minimum atomic E-state index is -0.102. The number of aryl methyl sites for hydroxylation is 1. The normalized spacial score (nSPS) is 12.7. The number of imidazole rings is 1. The average Bonchev–Trinajstić information content (AvgIpc) is 2.98. The predicted molar refractivity (Wildman–Crippen MR) is 92.7 cm³/mol. The van der Waals surface area contributed by atoms with E-state index in [0.717, 1.165) is 23.3 Å². The number of fused-ring (bicyclic) bond motifs is 1. The first-order valence-electron chi connectivity index (χ1n) is 7.76. The fraction of sp³-hybridized carbons (Fsp3) is 0.278. The Bertz CT molecular complexity index is 783. The summed E-state index contributed by atoms with van der Waals surface area (Å²) < 4.78 is 1.91. The molecule has 0 saturated heterocycles. The molecular formula is C18H20ClN3O. The molecule has 3 rings (SSSR count). The maximum absolute atomic E-state index is 9.65. The number of aromatic nitrogens is 2. The van der Waals surface area contributed by atoms with Crippen molar-refractivity contribution in [1.82, 2.24) is 14.7 Å². The van der Waals surface area contributed by atoms with Gasteiger partial charge >= 0.3 is 0 Å². The van der Waals surface area contributed by atoms with Crippen molar-refractivity contribution in [3.63, 3.8) is 0 Å². The van der Waals surface area contributed by atoms with Gasteiger partial charge < -0.3 is 14.8 Å². The Morgan fingerprint density at radius 2 is 1.96 bits per heavy atom. The molecule has 0 fully saturated rings. The van der Waals surface area contributed by atoms with E-state index in [1.54, 1.807) is 0 Å². The maximum atomic E-state index is 9.65. The summed E-state index contributed by atoms with van der Waals surface area (Å²) in [5.74, 6) is 0. The van der Waals surface area contributed by atoms with Crippen LogP contribution < -0.4 is 5.32 Å². The van der Waals surface area contributed by atoms with Crippen molar-refractivity contribution >= 4 is 17.2 Å². The molecule has 0 radical (unpaired) electrons. The summed E-state index contributed by atoms with van der Waals surface area (Å²) in [7, 11) is 0. The molecule has 23 heavy (non-hydrogen) atoms. The van der Waals surface area contributed by atoms with E-state index in [2.05, 4.69) is 41.5 Å². The van der Waals surface area contributed by atoms with E-state index in [1.165, 1.54) is 5.56 Å². The van der Waals surface area contributed by atoms with Gasteiger partial charge in [0, 0.05) is 18.9 Å². The van der Waals surface area contributed by atoms with E-state index >= 15 is 0 Å². The number of nitrogens with zero attached hydrogens (tertiary/aromatic N) is 2. The summed E-state index contributed by atoms with van der Waals surface area (Å²) in [5.41, 5.74) is 4.15. The molecule has 2 heterocycles. The van der Waals surface area contributed by atoms with E-state index in [-0.39, 0.29) is 12.6 Å². The monoisotopic (exact) mass is 329 g/mol. The Labute approximate surface area is 140 Å². The molecule has 3 aromatic rings. The quantitative estimate of drug-likeness (QED) is 0.729. The van der Waals surface area contributed by atoms with Crippen LogP contribution in [0.25, 0.3) is 5.65 Å². The van der Waals surface area contributed by atoms with E-state index < -0.39 is 0 Å². The standard InChI is InChI=1S/C18H20ClN3O/c1-2-13-3-5-14(6-4-13)17(12-23)20-9-16-11-22-10-15(19)7-8-18(22)21-16/h3-8,10-11,17,20,23H,2,9,12H2,1H3/t17-/m0/s1. The van der Waals surface area contributed by atoms with E-state index in [9.17, 15) is 5.11 Å². The van der Waals surface area contributed by atoms with Gasteiger partial charge in [0.25, 0.3) is 0 Å². The lowest BCUT2D eigenvalue weighted by Gasteiger charge is -2.16. The lowest BCUT2D eigenvalue weighted by atomic mass is 10.0. The predicted octanol–water partition coefficient (Wildman–Crippen LogP) is 3.37. The van der Waals surface area contributed by atoms with E-state index in [4.69, 9.17) is 11.6 Å². The van der Waals surface area contributed by atoms with Gasteiger partial charge in [-0.1, -0.05) is 42.8 Å². The highest BCUT2D eigenvalue weighted by molar-refractivity contribution is 6.30. The summed E-state index contributed by atoms with van der Waals surface area (Å²) in [6.45, 7) is 2.76. The number of benzene rings is 1. The molecule has 120 valence electrons. The maximum Gasteiger partial charge on any atom is 0.137 e. The Balaban J connectivity index is 1.70. The average molecular weight is 330 g/mol. The summed E-state index contributed by atoms with van der Waals surface area (Å²) in [5, 5.41) is 13.7. The van der Waals surface area contributed by atoms with Crippen LogP contribution in [-0.4, -0.2) is 21.1 Å². The van der Waals surface area contributed by atoms with Crippen LogP contribution in [0.4, 0.5) is 0 Å². The third kappa shape index (κ3) is 3.72. The van der Waals surface area contributed by atoms with Crippen LogP contribution in [0.3, 0.4) is 0 Å². The van der Waals surface area contributed by atoms with Crippen molar-refractivity contribution in [2.75, 3.05) is 6.61 Å². The van der Waals surface area contributed by atoms with Gasteiger partial charge in [0.15, 0.2) is 0 Å². The summed E-state index contributed by atoms with van der Waals surface area (Å²) in [6.07, 6.45) is 4.80. The number of hydrogen-bond acceptors (Lipinski definition) is 3. The second-order valence-electron chi connectivity index (χ2n) is 5.56. The number of hydrogen-bond donors (Lipinski definition) is 2. The second-order valence-corrected chi connectivity index (χ2v) is 5.99. The zero-order valence-corrected chi connectivity index (χ0v) is 13.8. The summed E-state index contributed by atoms with van der Waals surface area (Å²) in [6, 6.07) is 12.0. The summed E-state index contributed by atoms with van der Waals surface area (Å²) in [4.78, 5) is 4.54. The molecule has 0 aliphatic rings. The topological polar surface area (TPSA) is 49.6 Å². The lowest BCUT2D eigenvalue weighted by Crippen LogP contribution is -2.24. The fourth-order valence-corrected chi connectivity index (χ4v) is 2.77. The molecule has 0 spiro atoms. The molecule has 0 amide bonds. The van der Waals surface area contributed by atoms with Gasteiger partial charge in [-0.2, -0.15) is 0 Å². The summed E-state index contributed by atoms with van der Waals surface area (Å²) >= 11 is 5.99. The highest BCUT2D eigenvalue weighted by Gasteiger charge is 2.11. The van der Waals surface area contributed by atoms with Crippen molar-refractivity contribution < 1.29 is 5.11 Å². The number of rotatable bonds is 6. The number of nitrogens with one attached hydrogen (secondary N) is 1. The van der Waals surface area contributed by atoms with Crippen molar-refractivity contribution in [3.05, 3.63) is 70.6 Å². The van der Waals surface area contributed by atoms with Crippen LogP contribution in [0.1, 0.15) is 29.8 Å². The molecule has 5 heteroatoms. The molecule has 0 bridgehead atoms.